The summed E-state index contributed by atoms with van der Waals surface area (Å²) in [5.41, 5.74) is 2.36. The van der Waals surface area contributed by atoms with E-state index < -0.39 is 0 Å². The molecular formula is C12H21N3. The van der Waals surface area contributed by atoms with Crippen molar-refractivity contribution in [2.45, 2.75) is 39.8 Å². The van der Waals surface area contributed by atoms with E-state index in [0.29, 0.717) is 12.1 Å². The SMILES string of the molecule is C=C(C)CN[C@H](C)[C@H](C)n1cc(C)cn1. The summed E-state index contributed by atoms with van der Waals surface area (Å²) < 4.78 is 2.01. The maximum absolute atomic E-state index is 4.32. The average molecular weight is 207 g/mol. The molecule has 0 unspecified atom stereocenters. The van der Waals surface area contributed by atoms with Crippen LogP contribution in [0.3, 0.4) is 0 Å². The highest BCUT2D eigenvalue weighted by atomic mass is 15.3. The van der Waals surface area contributed by atoms with E-state index in [4.69, 9.17) is 0 Å². The lowest BCUT2D eigenvalue weighted by Gasteiger charge is -2.21. The Kier molecular flexibility index (Phi) is 4.09. The molecule has 15 heavy (non-hydrogen) atoms. The van der Waals surface area contributed by atoms with Gasteiger partial charge in [-0.15, -0.1) is 0 Å². The van der Waals surface area contributed by atoms with E-state index >= 15 is 0 Å². The highest BCUT2D eigenvalue weighted by Gasteiger charge is 2.13. The van der Waals surface area contributed by atoms with Crippen LogP contribution in [0, 0.1) is 6.92 Å². The summed E-state index contributed by atoms with van der Waals surface area (Å²) in [6, 6.07) is 0.749. The molecule has 0 radical (unpaired) electrons. The normalized spacial score (nSPS) is 14.9. The number of aryl methyl sites for hydroxylation is 1. The van der Waals surface area contributed by atoms with Crippen LogP contribution < -0.4 is 5.32 Å². The molecule has 1 aromatic rings. The van der Waals surface area contributed by atoms with Gasteiger partial charge in [0.25, 0.3) is 0 Å². The van der Waals surface area contributed by atoms with Gasteiger partial charge in [0, 0.05) is 18.8 Å². The van der Waals surface area contributed by atoms with Gasteiger partial charge in [-0.3, -0.25) is 4.68 Å². The smallest absolute Gasteiger partial charge is 0.0641 e. The summed E-state index contributed by atoms with van der Waals surface area (Å²) in [7, 11) is 0. The minimum Gasteiger partial charge on any atom is -0.308 e. The minimum atomic E-state index is 0.359. The first-order chi connectivity index (χ1) is 7.00. The first-order valence-corrected chi connectivity index (χ1v) is 5.39. The summed E-state index contributed by atoms with van der Waals surface area (Å²) in [4.78, 5) is 0. The number of rotatable bonds is 5. The lowest BCUT2D eigenvalue weighted by Crippen LogP contribution is -2.34. The molecule has 0 fully saturated rings. The van der Waals surface area contributed by atoms with Crippen molar-refractivity contribution in [3.8, 4) is 0 Å². The van der Waals surface area contributed by atoms with Crippen LogP contribution in [0.2, 0.25) is 0 Å². The van der Waals surface area contributed by atoms with E-state index in [9.17, 15) is 0 Å². The van der Waals surface area contributed by atoms with E-state index in [1.165, 1.54) is 5.56 Å². The topological polar surface area (TPSA) is 29.9 Å². The fraction of sp³-hybridized carbons (Fsp3) is 0.583. The molecule has 1 heterocycles. The Balaban J connectivity index is 2.52. The number of nitrogens with one attached hydrogen (secondary N) is 1. The van der Waals surface area contributed by atoms with Gasteiger partial charge in [-0.1, -0.05) is 12.2 Å². The molecule has 0 saturated carbocycles. The van der Waals surface area contributed by atoms with Crippen LogP contribution in [0.15, 0.2) is 24.5 Å². The number of hydrogen-bond acceptors (Lipinski definition) is 2. The van der Waals surface area contributed by atoms with Crippen LogP contribution in [0.25, 0.3) is 0 Å². The second-order valence-corrected chi connectivity index (χ2v) is 4.36. The molecule has 0 saturated heterocycles. The van der Waals surface area contributed by atoms with Gasteiger partial charge in [-0.25, -0.2) is 0 Å². The maximum atomic E-state index is 4.32. The molecular weight excluding hydrogens is 186 g/mol. The van der Waals surface area contributed by atoms with Gasteiger partial charge in [0.2, 0.25) is 0 Å². The summed E-state index contributed by atoms with van der Waals surface area (Å²) in [5, 5.41) is 7.75. The van der Waals surface area contributed by atoms with Crippen LogP contribution in [-0.2, 0) is 0 Å². The summed E-state index contributed by atoms with van der Waals surface area (Å²) >= 11 is 0. The van der Waals surface area contributed by atoms with Crippen molar-refractivity contribution in [2.75, 3.05) is 6.54 Å². The van der Waals surface area contributed by atoms with Crippen molar-refractivity contribution >= 4 is 0 Å². The first-order valence-electron chi connectivity index (χ1n) is 5.39. The Bertz CT molecular complexity index is 327. The molecule has 1 N–H and O–H groups in total. The van der Waals surface area contributed by atoms with Gasteiger partial charge in [0.15, 0.2) is 0 Å². The lowest BCUT2D eigenvalue weighted by atomic mass is 10.1. The third kappa shape index (κ3) is 3.51. The van der Waals surface area contributed by atoms with Gasteiger partial charge in [-0.2, -0.15) is 5.10 Å². The average Bonchev–Trinajstić information content (AvgIpc) is 2.60. The van der Waals surface area contributed by atoms with Crippen molar-refractivity contribution in [2.24, 2.45) is 0 Å². The van der Waals surface area contributed by atoms with Gasteiger partial charge in [0.1, 0.15) is 0 Å². The number of aromatic nitrogens is 2. The maximum Gasteiger partial charge on any atom is 0.0641 e. The summed E-state index contributed by atoms with van der Waals surface area (Å²) in [6.07, 6.45) is 3.96. The zero-order chi connectivity index (χ0) is 11.4. The zero-order valence-corrected chi connectivity index (χ0v) is 10.1. The van der Waals surface area contributed by atoms with E-state index in [1.54, 1.807) is 0 Å². The van der Waals surface area contributed by atoms with Crippen LogP contribution in [0.4, 0.5) is 0 Å². The minimum absolute atomic E-state index is 0.359. The standard InChI is InChI=1S/C12H21N3/c1-9(2)6-13-11(4)12(5)15-8-10(3)7-14-15/h7-8,11-13H,1,6H2,2-5H3/t11-,12+/m1/s1. The predicted octanol–water partition coefficient (Wildman–Crippen LogP) is 2.31. The quantitative estimate of drug-likeness (QED) is 0.751. The Morgan fingerprint density at radius 1 is 1.60 bits per heavy atom. The van der Waals surface area contributed by atoms with Gasteiger partial charge in [-0.05, 0) is 33.3 Å². The van der Waals surface area contributed by atoms with Crippen molar-refractivity contribution in [1.82, 2.24) is 15.1 Å². The molecule has 0 amide bonds. The fourth-order valence-electron chi connectivity index (χ4n) is 1.39. The molecule has 0 aromatic carbocycles. The van der Waals surface area contributed by atoms with Crippen LogP contribution in [0.1, 0.15) is 32.4 Å². The molecule has 0 aliphatic heterocycles. The van der Waals surface area contributed by atoms with Gasteiger partial charge < -0.3 is 5.32 Å². The molecule has 3 heteroatoms. The lowest BCUT2D eigenvalue weighted by molar-refractivity contribution is 0.374. The fourth-order valence-corrected chi connectivity index (χ4v) is 1.39. The second kappa shape index (κ2) is 5.12. The molecule has 0 aliphatic rings. The summed E-state index contributed by atoms with van der Waals surface area (Å²) in [5.74, 6) is 0. The molecule has 0 bridgehead atoms. The van der Waals surface area contributed by atoms with Gasteiger partial charge >= 0.3 is 0 Å². The van der Waals surface area contributed by atoms with E-state index in [-0.39, 0.29) is 0 Å². The van der Waals surface area contributed by atoms with E-state index in [0.717, 1.165) is 12.1 Å². The second-order valence-electron chi connectivity index (χ2n) is 4.36. The van der Waals surface area contributed by atoms with Crippen LogP contribution >= 0.6 is 0 Å². The predicted molar refractivity (Wildman–Crippen MR) is 64.0 cm³/mol. The first kappa shape index (κ1) is 12.0. The van der Waals surface area contributed by atoms with Gasteiger partial charge in [0.05, 0.1) is 12.2 Å². The molecule has 1 rings (SSSR count). The Hall–Kier alpha value is -1.09. The van der Waals surface area contributed by atoms with Crippen LogP contribution in [0.5, 0.6) is 0 Å². The molecule has 2 atom stereocenters. The monoisotopic (exact) mass is 207 g/mol. The summed E-state index contributed by atoms with van der Waals surface area (Å²) in [6.45, 7) is 13.2. The Morgan fingerprint density at radius 3 is 2.73 bits per heavy atom. The molecule has 0 spiro atoms. The third-order valence-electron chi connectivity index (χ3n) is 2.60. The van der Waals surface area contributed by atoms with Crippen molar-refractivity contribution < 1.29 is 0 Å². The molecule has 3 nitrogen and oxygen atoms in total. The molecule has 1 aromatic heterocycles. The van der Waals surface area contributed by atoms with Crippen molar-refractivity contribution in [3.05, 3.63) is 30.1 Å². The number of hydrogen-bond donors (Lipinski definition) is 1. The number of nitrogens with zero attached hydrogens (tertiary/aromatic N) is 2. The molecule has 84 valence electrons. The third-order valence-corrected chi connectivity index (χ3v) is 2.60. The van der Waals surface area contributed by atoms with Crippen LogP contribution in [-0.4, -0.2) is 22.4 Å². The zero-order valence-electron chi connectivity index (χ0n) is 10.1. The highest BCUT2D eigenvalue weighted by molar-refractivity contribution is 5.01. The van der Waals surface area contributed by atoms with E-state index in [2.05, 4.69) is 44.0 Å². The van der Waals surface area contributed by atoms with Crippen molar-refractivity contribution in [3.63, 3.8) is 0 Å². The highest BCUT2D eigenvalue weighted by Crippen LogP contribution is 2.10. The molecule has 0 aliphatic carbocycles. The van der Waals surface area contributed by atoms with Crippen molar-refractivity contribution in [1.29, 1.82) is 0 Å². The van der Waals surface area contributed by atoms with E-state index in [1.807, 2.05) is 17.8 Å². The Labute approximate surface area is 92.2 Å². The largest absolute Gasteiger partial charge is 0.308 e. The Morgan fingerprint density at radius 2 is 2.27 bits per heavy atom.